The van der Waals surface area contributed by atoms with Gasteiger partial charge in [0.25, 0.3) is 0 Å². The van der Waals surface area contributed by atoms with Gasteiger partial charge in [0.1, 0.15) is 0 Å². The third kappa shape index (κ3) is 4.82. The molecule has 0 saturated carbocycles. The van der Waals surface area contributed by atoms with Crippen LogP contribution in [0.3, 0.4) is 0 Å². The molecule has 7 heteroatoms. The molecule has 0 radical (unpaired) electrons. The molecule has 4 N–H and O–H groups in total. The van der Waals surface area contributed by atoms with Crippen molar-refractivity contribution in [3.63, 3.8) is 0 Å². The van der Waals surface area contributed by atoms with Crippen LogP contribution in [0.15, 0.2) is 0 Å². The minimum atomic E-state index is -1.27. The van der Waals surface area contributed by atoms with Crippen LogP contribution in [0.1, 0.15) is 19.8 Å². The van der Waals surface area contributed by atoms with E-state index in [1.54, 1.807) is 0 Å². The van der Waals surface area contributed by atoms with E-state index in [0.29, 0.717) is 0 Å². The second kappa shape index (κ2) is 6.70. The Morgan fingerprint density at radius 3 is 2.41 bits per heavy atom. The lowest BCUT2D eigenvalue weighted by Crippen LogP contribution is -2.53. The molecule has 0 aliphatic carbocycles. The van der Waals surface area contributed by atoms with Gasteiger partial charge >= 0.3 is 12.0 Å². The maximum absolute atomic E-state index is 11.5. The van der Waals surface area contributed by atoms with Crippen molar-refractivity contribution in [3.05, 3.63) is 0 Å². The molecule has 0 bridgehead atoms. The zero-order valence-corrected chi connectivity index (χ0v) is 10.5. The second-order valence-electron chi connectivity index (χ2n) is 4.06. The highest BCUT2D eigenvalue weighted by Gasteiger charge is 2.26. The fraction of sp³-hybridized carbons (Fsp3) is 0.800. The van der Waals surface area contributed by atoms with Crippen molar-refractivity contribution < 1.29 is 19.8 Å². The van der Waals surface area contributed by atoms with E-state index in [1.807, 2.05) is 11.8 Å². The number of urea groups is 1. The smallest absolute Gasteiger partial charge is 0.328 e. The zero-order valence-electron chi connectivity index (χ0n) is 9.68. The first-order valence-electron chi connectivity index (χ1n) is 5.56. The van der Waals surface area contributed by atoms with Crippen molar-refractivity contribution in [2.75, 3.05) is 11.5 Å². The molecule has 0 unspecified atom stereocenters. The summed E-state index contributed by atoms with van der Waals surface area (Å²) in [5, 5.41) is 23.0. The molecule has 2 atom stereocenters. The summed E-state index contributed by atoms with van der Waals surface area (Å²) < 4.78 is 0. The van der Waals surface area contributed by atoms with Crippen LogP contribution in [0.4, 0.5) is 4.79 Å². The fourth-order valence-corrected chi connectivity index (χ4v) is 2.71. The normalized spacial score (nSPS) is 20.4. The van der Waals surface area contributed by atoms with Gasteiger partial charge < -0.3 is 20.8 Å². The molecule has 1 aliphatic heterocycles. The van der Waals surface area contributed by atoms with Crippen LogP contribution in [0.2, 0.25) is 0 Å². The number of aliphatic hydroxyl groups excluding tert-OH is 1. The van der Waals surface area contributed by atoms with Crippen LogP contribution < -0.4 is 10.6 Å². The van der Waals surface area contributed by atoms with Gasteiger partial charge in [0.2, 0.25) is 0 Å². The van der Waals surface area contributed by atoms with E-state index < -0.39 is 24.1 Å². The molecular formula is C10H18N2O4S. The van der Waals surface area contributed by atoms with E-state index >= 15 is 0 Å². The minimum absolute atomic E-state index is 0.0969. The predicted molar refractivity (Wildman–Crippen MR) is 65.1 cm³/mol. The Bertz CT molecular complexity index is 279. The molecule has 1 rings (SSSR count). The summed E-state index contributed by atoms with van der Waals surface area (Å²) >= 11 is 1.84. The van der Waals surface area contributed by atoms with Crippen molar-refractivity contribution in [1.82, 2.24) is 10.6 Å². The lowest BCUT2D eigenvalue weighted by Gasteiger charge is -2.24. The number of carboxylic acids is 1. The fourth-order valence-electron chi connectivity index (χ4n) is 1.60. The number of hydrogen-bond acceptors (Lipinski definition) is 4. The molecule has 0 aromatic carbocycles. The van der Waals surface area contributed by atoms with Crippen molar-refractivity contribution in [1.29, 1.82) is 0 Å². The quantitative estimate of drug-likeness (QED) is 0.572. The summed E-state index contributed by atoms with van der Waals surface area (Å²) in [6.45, 7) is 1.33. The Labute approximate surface area is 104 Å². The molecule has 1 fully saturated rings. The Morgan fingerprint density at radius 1 is 1.35 bits per heavy atom. The largest absolute Gasteiger partial charge is 0.480 e. The molecule has 1 aliphatic rings. The molecule has 0 aromatic rings. The lowest BCUT2D eigenvalue weighted by molar-refractivity contribution is -0.141. The third-order valence-corrected chi connectivity index (χ3v) is 3.64. The molecule has 2 amide bonds. The number of carboxylic acid groups (broad SMARTS) is 1. The monoisotopic (exact) mass is 262 g/mol. The lowest BCUT2D eigenvalue weighted by atomic mass is 10.1. The maximum Gasteiger partial charge on any atom is 0.328 e. The molecule has 1 heterocycles. The van der Waals surface area contributed by atoms with E-state index in [-0.39, 0.29) is 6.04 Å². The number of nitrogens with one attached hydrogen (secondary N) is 2. The standard InChI is InChI=1S/C10H18N2O4S/c1-6(13)8(9(14)15)12-10(16)11-7-2-4-17-5-3-7/h6-8,13H,2-5H2,1H3,(H,14,15)(H2,11,12,16)/t6-,8+/m1/s1. The summed E-state index contributed by atoms with van der Waals surface area (Å²) in [5.74, 6) is 0.766. The number of rotatable bonds is 4. The summed E-state index contributed by atoms with van der Waals surface area (Å²) in [6.07, 6.45) is 0.662. The van der Waals surface area contributed by atoms with E-state index in [0.717, 1.165) is 24.3 Å². The minimum Gasteiger partial charge on any atom is -0.480 e. The summed E-state index contributed by atoms with van der Waals surface area (Å²) in [6, 6.07) is -1.71. The highest BCUT2D eigenvalue weighted by Crippen LogP contribution is 2.16. The highest BCUT2D eigenvalue weighted by molar-refractivity contribution is 7.99. The van der Waals surface area contributed by atoms with Crippen LogP contribution in [0, 0.1) is 0 Å². The first-order valence-corrected chi connectivity index (χ1v) is 6.72. The van der Waals surface area contributed by atoms with Gasteiger partial charge in [-0.05, 0) is 31.3 Å². The van der Waals surface area contributed by atoms with Gasteiger partial charge in [0.15, 0.2) is 6.04 Å². The Balaban J connectivity index is 2.38. The second-order valence-corrected chi connectivity index (χ2v) is 5.29. The van der Waals surface area contributed by atoms with Gasteiger partial charge in [-0.1, -0.05) is 0 Å². The van der Waals surface area contributed by atoms with Gasteiger partial charge in [-0.3, -0.25) is 0 Å². The zero-order chi connectivity index (χ0) is 12.8. The van der Waals surface area contributed by atoms with Crippen LogP contribution in [-0.2, 0) is 4.79 Å². The van der Waals surface area contributed by atoms with Gasteiger partial charge in [0, 0.05) is 6.04 Å². The van der Waals surface area contributed by atoms with Gasteiger partial charge in [0.05, 0.1) is 6.10 Å². The molecule has 0 aromatic heterocycles. The van der Waals surface area contributed by atoms with Crippen molar-refractivity contribution in [2.45, 2.75) is 38.0 Å². The number of aliphatic hydroxyl groups is 1. The number of carbonyl (C=O) groups is 2. The summed E-state index contributed by atoms with van der Waals surface area (Å²) in [5.41, 5.74) is 0. The van der Waals surface area contributed by atoms with Crippen molar-refractivity contribution >= 4 is 23.8 Å². The topological polar surface area (TPSA) is 98.7 Å². The summed E-state index contributed by atoms with van der Waals surface area (Å²) in [7, 11) is 0. The van der Waals surface area contributed by atoms with Gasteiger partial charge in [-0.25, -0.2) is 9.59 Å². The number of hydrogen-bond donors (Lipinski definition) is 4. The van der Waals surface area contributed by atoms with Crippen LogP contribution >= 0.6 is 11.8 Å². The molecule has 6 nitrogen and oxygen atoms in total. The molecule has 17 heavy (non-hydrogen) atoms. The molecule has 1 saturated heterocycles. The van der Waals surface area contributed by atoms with Crippen LogP contribution in [0.5, 0.6) is 0 Å². The number of thioether (sulfide) groups is 1. The maximum atomic E-state index is 11.5. The SMILES string of the molecule is C[C@@H](O)[C@H](NC(=O)NC1CCSCC1)C(=O)O. The third-order valence-electron chi connectivity index (χ3n) is 2.59. The number of carbonyl (C=O) groups excluding carboxylic acids is 1. The van der Waals surface area contributed by atoms with E-state index in [1.165, 1.54) is 6.92 Å². The average molecular weight is 262 g/mol. The Hall–Kier alpha value is -0.950. The number of aliphatic carboxylic acids is 1. The number of amides is 2. The van der Waals surface area contributed by atoms with Crippen molar-refractivity contribution in [3.8, 4) is 0 Å². The van der Waals surface area contributed by atoms with E-state index in [9.17, 15) is 14.7 Å². The average Bonchev–Trinajstić information content (AvgIpc) is 2.26. The van der Waals surface area contributed by atoms with Crippen LogP contribution in [0.25, 0.3) is 0 Å². The Morgan fingerprint density at radius 2 is 1.94 bits per heavy atom. The first kappa shape index (κ1) is 14.1. The summed E-state index contributed by atoms with van der Waals surface area (Å²) in [4.78, 5) is 22.3. The molecular weight excluding hydrogens is 244 g/mol. The highest BCUT2D eigenvalue weighted by atomic mass is 32.2. The Kier molecular flexibility index (Phi) is 5.57. The van der Waals surface area contributed by atoms with E-state index in [2.05, 4.69) is 10.6 Å². The van der Waals surface area contributed by atoms with Gasteiger partial charge in [-0.2, -0.15) is 11.8 Å². The van der Waals surface area contributed by atoms with Crippen molar-refractivity contribution in [2.24, 2.45) is 0 Å². The molecule has 0 spiro atoms. The molecule has 98 valence electrons. The van der Waals surface area contributed by atoms with Crippen LogP contribution in [-0.4, -0.2) is 51.9 Å². The van der Waals surface area contributed by atoms with E-state index in [4.69, 9.17) is 5.11 Å². The first-order chi connectivity index (χ1) is 8.00. The van der Waals surface area contributed by atoms with Gasteiger partial charge in [-0.15, -0.1) is 0 Å². The predicted octanol–water partition coefficient (Wildman–Crippen LogP) is 0.0152.